The van der Waals surface area contributed by atoms with Gasteiger partial charge in [0.15, 0.2) is 0 Å². The van der Waals surface area contributed by atoms with Crippen LogP contribution >= 0.6 is 0 Å². The molecular weight excluding hydrogens is 649 g/mol. The molecule has 0 aliphatic rings. The van der Waals surface area contributed by atoms with Crippen molar-refractivity contribution in [2.75, 3.05) is 13.2 Å². The van der Waals surface area contributed by atoms with E-state index in [0.29, 0.717) is 23.6 Å². The highest BCUT2D eigenvalue weighted by molar-refractivity contribution is 5.75. The number of rotatable bonds is 25. The van der Waals surface area contributed by atoms with Gasteiger partial charge in [-0.15, -0.1) is 20.4 Å². The minimum Gasteiger partial charge on any atom is -0.494 e. The molecule has 0 aliphatic carbocycles. The molecule has 3 aromatic carbocycles. The van der Waals surface area contributed by atoms with Crippen LogP contribution in [-0.2, 0) is 0 Å². The summed E-state index contributed by atoms with van der Waals surface area (Å²) in [7, 11) is 0. The van der Waals surface area contributed by atoms with Gasteiger partial charge in [-0.2, -0.15) is 0 Å². The van der Waals surface area contributed by atoms with Crippen molar-refractivity contribution in [1.29, 1.82) is 0 Å². The van der Waals surface area contributed by atoms with Crippen LogP contribution in [0.2, 0.25) is 0 Å². The second-order valence-corrected chi connectivity index (χ2v) is 13.5. The Morgan fingerprint density at radius 1 is 0.481 bits per heavy atom. The van der Waals surface area contributed by atoms with E-state index in [1.54, 1.807) is 6.08 Å². The van der Waals surface area contributed by atoms with Gasteiger partial charge in [0.25, 0.3) is 0 Å². The van der Waals surface area contributed by atoms with Gasteiger partial charge in [0.2, 0.25) is 23.6 Å². The first-order valence-corrected chi connectivity index (χ1v) is 19.6. The molecule has 0 aliphatic heterocycles. The molecule has 2 heterocycles. The largest absolute Gasteiger partial charge is 0.494 e. The van der Waals surface area contributed by atoms with Gasteiger partial charge in [-0.3, -0.25) is 0 Å². The molecule has 0 spiro atoms. The molecule has 5 aromatic rings. The monoisotopic (exact) mass is 704 g/mol. The minimum atomic E-state index is 0.405. The summed E-state index contributed by atoms with van der Waals surface area (Å²) in [6.45, 7) is 9.98. The highest BCUT2D eigenvalue weighted by atomic mass is 16.5. The molecule has 0 N–H and O–H groups in total. The maximum atomic E-state index is 6.10. The maximum absolute atomic E-state index is 6.10. The van der Waals surface area contributed by atoms with Crippen molar-refractivity contribution in [2.24, 2.45) is 0 Å². The standard InChI is InChI=1S/C44H56N4O4/c1-4-7-9-11-13-15-17-19-31-49-38-26-21-35(22-27-38)41-45-47-43(51-41)37-25-30-40(34(6-3)33-37)44-48-46-42(52-44)36-23-28-39(29-24-36)50-32-20-18-16-14-12-10-8-5-2/h6,21-30,33H,3-5,7-20,31-32H2,1-2H3. The average Bonchev–Trinajstić information content (AvgIpc) is 3.88. The summed E-state index contributed by atoms with van der Waals surface area (Å²) in [5.74, 6) is 3.39. The highest BCUT2D eigenvalue weighted by Crippen LogP contribution is 2.32. The van der Waals surface area contributed by atoms with Crippen LogP contribution in [0.15, 0.2) is 82.1 Å². The lowest BCUT2D eigenvalue weighted by molar-refractivity contribution is 0.304. The Morgan fingerprint density at radius 3 is 1.33 bits per heavy atom. The number of aromatic nitrogens is 4. The van der Waals surface area contributed by atoms with Gasteiger partial charge >= 0.3 is 0 Å². The highest BCUT2D eigenvalue weighted by Gasteiger charge is 2.17. The van der Waals surface area contributed by atoms with E-state index >= 15 is 0 Å². The Morgan fingerprint density at radius 2 is 0.865 bits per heavy atom. The molecule has 5 rings (SSSR count). The van der Waals surface area contributed by atoms with E-state index in [1.807, 2.05) is 66.7 Å². The van der Waals surface area contributed by atoms with E-state index in [9.17, 15) is 0 Å². The Hall–Kier alpha value is -4.72. The summed E-state index contributed by atoms with van der Waals surface area (Å²) in [4.78, 5) is 0. The summed E-state index contributed by atoms with van der Waals surface area (Å²) < 4.78 is 24.1. The third kappa shape index (κ3) is 11.9. The van der Waals surface area contributed by atoms with Crippen LogP contribution in [0.3, 0.4) is 0 Å². The average molecular weight is 705 g/mol. The zero-order valence-corrected chi connectivity index (χ0v) is 31.3. The number of hydrogen-bond donors (Lipinski definition) is 0. The Labute approximate surface area is 310 Å². The maximum Gasteiger partial charge on any atom is 0.248 e. The topological polar surface area (TPSA) is 96.3 Å². The van der Waals surface area contributed by atoms with Crippen molar-refractivity contribution in [3.05, 3.63) is 78.9 Å². The van der Waals surface area contributed by atoms with Crippen LogP contribution in [0.1, 0.15) is 122 Å². The van der Waals surface area contributed by atoms with E-state index in [2.05, 4.69) is 40.8 Å². The van der Waals surface area contributed by atoms with Gasteiger partial charge in [-0.1, -0.05) is 116 Å². The summed E-state index contributed by atoms with van der Waals surface area (Å²) in [5, 5.41) is 17.3. The van der Waals surface area contributed by atoms with Gasteiger partial charge < -0.3 is 18.3 Å². The number of hydrogen-bond acceptors (Lipinski definition) is 8. The molecule has 52 heavy (non-hydrogen) atoms. The third-order valence-corrected chi connectivity index (χ3v) is 9.33. The van der Waals surface area contributed by atoms with E-state index < -0.39 is 0 Å². The molecular formula is C44H56N4O4. The fourth-order valence-corrected chi connectivity index (χ4v) is 6.20. The zero-order chi connectivity index (χ0) is 36.2. The normalized spacial score (nSPS) is 11.2. The van der Waals surface area contributed by atoms with Gasteiger partial charge in [0.05, 0.1) is 13.2 Å². The van der Waals surface area contributed by atoms with Crippen LogP contribution in [-0.4, -0.2) is 33.6 Å². The summed E-state index contributed by atoms with van der Waals surface area (Å²) in [5.41, 5.74) is 4.02. The summed E-state index contributed by atoms with van der Waals surface area (Å²) >= 11 is 0. The fourth-order valence-electron chi connectivity index (χ4n) is 6.20. The third-order valence-electron chi connectivity index (χ3n) is 9.33. The predicted octanol–water partition coefficient (Wildman–Crippen LogP) is 12.8. The van der Waals surface area contributed by atoms with Crippen LogP contribution in [0.25, 0.3) is 51.9 Å². The number of unbranched alkanes of at least 4 members (excludes halogenated alkanes) is 14. The zero-order valence-electron chi connectivity index (χ0n) is 31.3. The lowest BCUT2D eigenvalue weighted by Crippen LogP contribution is -1.97. The van der Waals surface area contributed by atoms with E-state index in [1.165, 1.54) is 89.9 Å². The molecule has 0 atom stereocenters. The lowest BCUT2D eigenvalue weighted by Gasteiger charge is -2.07. The number of benzene rings is 3. The van der Waals surface area contributed by atoms with E-state index in [0.717, 1.165) is 65.4 Å². The number of ether oxygens (including phenoxy) is 2. The van der Waals surface area contributed by atoms with Crippen LogP contribution < -0.4 is 9.47 Å². The van der Waals surface area contributed by atoms with Gasteiger partial charge in [0, 0.05) is 22.3 Å². The molecule has 0 unspecified atom stereocenters. The van der Waals surface area contributed by atoms with Crippen molar-refractivity contribution in [3.63, 3.8) is 0 Å². The van der Waals surface area contributed by atoms with Gasteiger partial charge in [-0.05, 0) is 85.1 Å². The van der Waals surface area contributed by atoms with E-state index in [-0.39, 0.29) is 0 Å². The Bertz CT molecular complexity index is 1740. The van der Waals surface area contributed by atoms with Crippen LogP contribution in [0.4, 0.5) is 0 Å². The molecule has 0 amide bonds. The first kappa shape index (κ1) is 38.5. The van der Waals surface area contributed by atoms with Crippen LogP contribution in [0.5, 0.6) is 11.5 Å². The molecule has 0 fully saturated rings. The fraction of sp³-hybridized carbons (Fsp3) is 0.455. The van der Waals surface area contributed by atoms with Crippen molar-refractivity contribution >= 4 is 6.08 Å². The molecule has 276 valence electrons. The Kier molecular flexibility index (Phi) is 16.0. The van der Waals surface area contributed by atoms with E-state index in [4.69, 9.17) is 18.3 Å². The minimum absolute atomic E-state index is 0.405. The van der Waals surface area contributed by atoms with Crippen molar-refractivity contribution < 1.29 is 18.3 Å². The summed E-state index contributed by atoms with van der Waals surface area (Å²) in [6.07, 6.45) is 22.2. The second-order valence-electron chi connectivity index (χ2n) is 13.5. The summed E-state index contributed by atoms with van der Waals surface area (Å²) in [6, 6.07) is 21.4. The molecule has 0 bridgehead atoms. The molecule has 2 aromatic heterocycles. The molecule has 0 saturated carbocycles. The second kappa shape index (κ2) is 21.6. The lowest BCUT2D eigenvalue weighted by atomic mass is 10.0. The Balaban J connectivity index is 1.10. The van der Waals surface area contributed by atoms with Gasteiger partial charge in [-0.25, -0.2) is 0 Å². The van der Waals surface area contributed by atoms with Crippen molar-refractivity contribution in [1.82, 2.24) is 20.4 Å². The first-order valence-electron chi connectivity index (χ1n) is 19.6. The molecule has 0 saturated heterocycles. The molecule has 8 heteroatoms. The predicted molar refractivity (Wildman–Crippen MR) is 210 cm³/mol. The van der Waals surface area contributed by atoms with Crippen molar-refractivity contribution in [2.45, 2.75) is 117 Å². The first-order chi connectivity index (χ1) is 25.7. The quantitative estimate of drug-likeness (QED) is 0.0554. The SMILES string of the molecule is C=Cc1cc(-c2nnc(-c3ccc(OCCCCCCCCCC)cc3)o2)ccc1-c1nnc(-c2ccc(OCCCCCCCCCC)cc2)o1. The molecule has 0 radical (unpaired) electrons. The van der Waals surface area contributed by atoms with Gasteiger partial charge in [0.1, 0.15) is 11.5 Å². The van der Waals surface area contributed by atoms with Crippen LogP contribution in [0, 0.1) is 0 Å². The van der Waals surface area contributed by atoms with Crippen molar-refractivity contribution in [3.8, 4) is 57.3 Å². The molecule has 8 nitrogen and oxygen atoms in total. The smallest absolute Gasteiger partial charge is 0.248 e. The number of nitrogens with zero attached hydrogens (tertiary/aromatic N) is 4.